The summed E-state index contributed by atoms with van der Waals surface area (Å²) in [6.07, 6.45) is -3.91. The van der Waals surface area contributed by atoms with Crippen molar-refractivity contribution in [2.75, 3.05) is 7.11 Å². The Labute approximate surface area is 288 Å². The minimum atomic E-state index is -5.17. The first-order valence-electron chi connectivity index (χ1n) is 17.8. The molecule has 0 heterocycles. The van der Waals surface area contributed by atoms with E-state index in [9.17, 15) is 32.1 Å². The average molecular weight is 725 g/mol. The number of phosphoric ester groups is 1. The minimum absolute atomic E-state index is 0.0945. The zero-order chi connectivity index (χ0) is 36.7. The van der Waals surface area contributed by atoms with E-state index in [-0.39, 0.29) is 66.4 Å². The molecule has 282 valence electrons. The van der Waals surface area contributed by atoms with Crippen LogP contribution in [0.3, 0.4) is 0 Å². The van der Waals surface area contributed by atoms with Gasteiger partial charge in [0.25, 0.3) is 0 Å². The molecule has 11 atom stereocenters. The van der Waals surface area contributed by atoms with Crippen molar-refractivity contribution >= 4 is 25.7 Å². The van der Waals surface area contributed by atoms with Crippen LogP contribution in [0, 0.1) is 46.3 Å². The second-order valence-corrected chi connectivity index (χ2v) is 17.4. The molecule has 4 fully saturated rings. The Kier molecular flexibility index (Phi) is 12.4. The molecule has 0 aromatic carbocycles. The fraction of sp³-hybridized carbons (Fsp3) is 0.914. The molecule has 14 heteroatoms. The smallest absolute Gasteiger partial charge is 0.469 e. The van der Waals surface area contributed by atoms with Crippen molar-refractivity contribution in [2.24, 2.45) is 46.3 Å². The molecule has 11 unspecified atom stereocenters. The normalized spacial score (nSPS) is 36.8. The van der Waals surface area contributed by atoms with Gasteiger partial charge in [0.1, 0.15) is 12.2 Å². The van der Waals surface area contributed by atoms with Gasteiger partial charge in [-0.25, -0.2) is 9.36 Å². The van der Waals surface area contributed by atoms with Gasteiger partial charge in [0, 0.05) is 18.8 Å². The first-order valence-corrected chi connectivity index (χ1v) is 19.3. The molecular weight excluding hydrogens is 668 g/mol. The third kappa shape index (κ3) is 8.52. The average Bonchev–Trinajstić information content (AvgIpc) is 3.33. The lowest BCUT2D eigenvalue weighted by molar-refractivity contribution is -0.239. The molecule has 0 aromatic rings. The molecule has 4 saturated carbocycles. The van der Waals surface area contributed by atoms with Gasteiger partial charge < -0.3 is 14.2 Å². The first kappa shape index (κ1) is 40.1. The van der Waals surface area contributed by atoms with Crippen LogP contribution in [-0.2, 0) is 46.7 Å². The van der Waals surface area contributed by atoms with E-state index in [1.54, 1.807) is 27.7 Å². The van der Waals surface area contributed by atoms with Gasteiger partial charge in [-0.2, -0.15) is 13.2 Å². The van der Waals surface area contributed by atoms with Gasteiger partial charge in [-0.3, -0.25) is 23.2 Å². The molecule has 0 radical (unpaired) electrons. The summed E-state index contributed by atoms with van der Waals surface area (Å²) in [5, 5.41) is 0. The van der Waals surface area contributed by atoms with Crippen molar-refractivity contribution in [3.05, 3.63) is 0 Å². The highest BCUT2D eigenvalue weighted by Crippen LogP contribution is 2.71. The molecule has 0 aliphatic heterocycles. The van der Waals surface area contributed by atoms with Gasteiger partial charge in [0.05, 0.1) is 25.4 Å². The minimum Gasteiger partial charge on any atom is -0.469 e. The summed E-state index contributed by atoms with van der Waals surface area (Å²) in [7, 11) is -2.80. The molecule has 0 amide bonds. The topological polar surface area (TPSA) is 124 Å². The number of esters is 3. The van der Waals surface area contributed by atoms with Crippen LogP contribution < -0.4 is 0 Å². The van der Waals surface area contributed by atoms with Crippen LogP contribution in [0.1, 0.15) is 113 Å². The second-order valence-electron chi connectivity index (χ2n) is 15.9. The van der Waals surface area contributed by atoms with Crippen LogP contribution in [0.5, 0.6) is 0 Å². The maximum atomic E-state index is 14.3. The van der Waals surface area contributed by atoms with Crippen molar-refractivity contribution in [3.63, 3.8) is 0 Å². The molecule has 10 nitrogen and oxygen atoms in total. The summed E-state index contributed by atoms with van der Waals surface area (Å²) < 4.78 is 90.0. The highest BCUT2D eigenvalue weighted by atomic mass is 31.2. The molecular formula is C35H56F3O10P. The Balaban J connectivity index is 1.82. The second kappa shape index (κ2) is 15.1. The van der Waals surface area contributed by atoms with E-state index in [1.807, 2.05) is 13.8 Å². The number of carbonyl (C=O) groups is 3. The SMILES string of the molecule is COC(=O)CCC(C)C1CCC2C3C(OP(=O)(OC(C)C)OC(C)C)CC4CC(OC(C)=O)CCC4(C)C3CC(OC(=O)C(F)(F)F)C12C. The van der Waals surface area contributed by atoms with Crippen molar-refractivity contribution in [2.45, 2.75) is 150 Å². The third-order valence-corrected chi connectivity index (χ3v) is 14.1. The number of hydrogen-bond donors (Lipinski definition) is 0. The zero-order valence-electron chi connectivity index (χ0n) is 30.4. The number of phosphoric acid groups is 1. The Morgan fingerprint density at radius 3 is 2.08 bits per heavy atom. The van der Waals surface area contributed by atoms with Gasteiger partial charge in [-0.1, -0.05) is 20.8 Å². The van der Waals surface area contributed by atoms with E-state index in [2.05, 4.69) is 6.92 Å². The molecule has 4 aliphatic rings. The van der Waals surface area contributed by atoms with Crippen LogP contribution in [0.15, 0.2) is 0 Å². The van der Waals surface area contributed by atoms with Crippen molar-refractivity contribution in [3.8, 4) is 0 Å². The third-order valence-electron chi connectivity index (χ3n) is 12.2. The molecule has 0 spiro atoms. The highest BCUT2D eigenvalue weighted by Gasteiger charge is 2.68. The van der Waals surface area contributed by atoms with Crippen LogP contribution >= 0.6 is 7.82 Å². The largest absolute Gasteiger partial charge is 0.490 e. The number of halogens is 3. The van der Waals surface area contributed by atoms with E-state index < -0.39 is 55.2 Å². The van der Waals surface area contributed by atoms with Crippen molar-refractivity contribution in [1.82, 2.24) is 0 Å². The first-order chi connectivity index (χ1) is 22.6. The Morgan fingerprint density at radius 2 is 1.53 bits per heavy atom. The summed E-state index contributed by atoms with van der Waals surface area (Å²) in [4.78, 5) is 36.6. The van der Waals surface area contributed by atoms with Crippen LogP contribution in [-0.4, -0.2) is 61.7 Å². The monoisotopic (exact) mass is 724 g/mol. The maximum Gasteiger partial charge on any atom is 0.490 e. The van der Waals surface area contributed by atoms with Crippen molar-refractivity contribution < 1.29 is 59.9 Å². The number of methoxy groups -OCH3 is 1. The van der Waals surface area contributed by atoms with Crippen LogP contribution in [0.2, 0.25) is 0 Å². The van der Waals surface area contributed by atoms with Gasteiger partial charge in [-0.15, -0.1) is 0 Å². The highest BCUT2D eigenvalue weighted by molar-refractivity contribution is 7.48. The molecule has 4 rings (SSSR count). The maximum absolute atomic E-state index is 14.3. The summed E-state index contributed by atoms with van der Waals surface area (Å²) in [5.74, 6) is -4.14. The Hall–Kier alpha value is -1.69. The summed E-state index contributed by atoms with van der Waals surface area (Å²) in [6, 6.07) is 0. The molecule has 0 N–H and O–H groups in total. The van der Waals surface area contributed by atoms with E-state index in [4.69, 9.17) is 27.8 Å². The van der Waals surface area contributed by atoms with Gasteiger partial charge in [-0.05, 0) is 120 Å². The fourth-order valence-electron chi connectivity index (χ4n) is 10.3. The van der Waals surface area contributed by atoms with Gasteiger partial charge in [0.15, 0.2) is 0 Å². The summed E-state index contributed by atoms with van der Waals surface area (Å²) in [6.45, 7) is 14.4. The summed E-state index contributed by atoms with van der Waals surface area (Å²) in [5.41, 5.74) is -1.32. The predicted molar refractivity (Wildman–Crippen MR) is 173 cm³/mol. The molecule has 4 aliphatic carbocycles. The lowest BCUT2D eigenvalue weighted by Crippen LogP contribution is -2.63. The number of rotatable bonds is 12. The molecule has 0 bridgehead atoms. The number of carbonyl (C=O) groups excluding carboxylic acids is 3. The number of ether oxygens (including phenoxy) is 3. The standard InChI is InChI=1S/C35H56F3O10P/c1-19(2)46-49(42,47-20(3)4)48-28-17-23-16-24(44-22(6)39)14-15-33(23,7)27-18-29(45-32(41)35(36,37)38)34(8)25(11-12-26(34)31(27)28)21(5)10-13-30(40)43-9/h19-21,23-29,31H,10-18H2,1-9H3. The van der Waals surface area contributed by atoms with E-state index in [0.29, 0.717) is 44.9 Å². The number of fused-ring (bicyclic) bond motifs is 5. The number of alkyl halides is 3. The number of hydrogen-bond acceptors (Lipinski definition) is 10. The quantitative estimate of drug-likeness (QED) is 0.111. The molecule has 0 saturated heterocycles. The van der Waals surface area contributed by atoms with Crippen LogP contribution in [0.4, 0.5) is 13.2 Å². The van der Waals surface area contributed by atoms with E-state index >= 15 is 0 Å². The molecule has 0 aromatic heterocycles. The molecule has 49 heavy (non-hydrogen) atoms. The van der Waals surface area contributed by atoms with Crippen LogP contribution in [0.25, 0.3) is 0 Å². The van der Waals surface area contributed by atoms with Gasteiger partial charge in [0.2, 0.25) is 0 Å². The lowest BCUT2D eigenvalue weighted by atomic mass is 9.43. The van der Waals surface area contributed by atoms with E-state index in [1.165, 1.54) is 14.0 Å². The zero-order valence-corrected chi connectivity index (χ0v) is 31.3. The Bertz CT molecular complexity index is 1240. The van der Waals surface area contributed by atoms with Crippen molar-refractivity contribution in [1.29, 1.82) is 0 Å². The lowest BCUT2D eigenvalue weighted by Gasteiger charge is -2.64. The van der Waals surface area contributed by atoms with E-state index in [0.717, 1.165) is 0 Å². The predicted octanol–water partition coefficient (Wildman–Crippen LogP) is 8.20. The van der Waals surface area contributed by atoms with Gasteiger partial charge >= 0.3 is 31.9 Å². The Morgan fingerprint density at radius 1 is 0.898 bits per heavy atom. The summed E-state index contributed by atoms with van der Waals surface area (Å²) >= 11 is 0. The fourth-order valence-corrected chi connectivity index (χ4v) is 12.0.